The number of halogens is 1. The first-order valence-corrected chi connectivity index (χ1v) is 20.2. The van der Waals surface area contributed by atoms with Crippen LogP contribution in [0.1, 0.15) is 114 Å². The van der Waals surface area contributed by atoms with E-state index in [1.54, 1.807) is 0 Å². The number of carbonyl (C=O) groups is 3. The molecule has 6 N–H and O–H groups in total. The van der Waals surface area contributed by atoms with Crippen molar-refractivity contribution in [2.45, 2.75) is 114 Å². The van der Waals surface area contributed by atoms with Gasteiger partial charge in [0.2, 0.25) is 17.1 Å². The molecule has 0 unspecified atom stereocenters. The lowest BCUT2D eigenvalue weighted by Gasteiger charge is -2.17. The summed E-state index contributed by atoms with van der Waals surface area (Å²) in [5, 5.41) is 11.5. The fourth-order valence-corrected chi connectivity index (χ4v) is 3.96. The molecule has 0 saturated carbocycles. The molecule has 2 amide bonds. The van der Waals surface area contributed by atoms with Crippen molar-refractivity contribution in [3.8, 4) is 0 Å². The van der Waals surface area contributed by atoms with Crippen LogP contribution in [0, 0.1) is 0 Å². The number of nitrogens with two attached hydrogens (primary N) is 1. The van der Waals surface area contributed by atoms with Crippen molar-refractivity contribution in [1.29, 1.82) is 0 Å². The van der Waals surface area contributed by atoms with Gasteiger partial charge in [-0.1, -0.05) is 48.5 Å². The largest absolute Gasteiger partial charge is 0.381 e. The molecule has 0 aromatic heterocycles. The van der Waals surface area contributed by atoms with E-state index in [1.165, 1.54) is 72.3 Å². The highest BCUT2D eigenvalue weighted by Crippen LogP contribution is 1.98. The first kappa shape index (κ1) is 58.9. The molecule has 1 heterocycles. The highest BCUT2D eigenvalue weighted by Gasteiger charge is 1.97. The monoisotopic (exact) mass is 755 g/mol. The number of amides is 2. The fraction of sp³-hybridized carbons (Fsp3) is 0.921. The van der Waals surface area contributed by atoms with E-state index in [9.17, 15) is 14.4 Å². The van der Waals surface area contributed by atoms with E-state index in [4.69, 9.17) is 22.1 Å². The van der Waals surface area contributed by atoms with Gasteiger partial charge in [-0.05, 0) is 149 Å². The number of ether oxygens (including phenoxy) is 1. The van der Waals surface area contributed by atoms with Crippen molar-refractivity contribution in [3.63, 3.8) is 0 Å². The lowest BCUT2D eigenvalue weighted by molar-refractivity contribution is -0.119. The average Bonchev–Trinajstić information content (AvgIpc) is 3.70. The Balaban J connectivity index is -0.000000168. The van der Waals surface area contributed by atoms with Crippen LogP contribution < -0.4 is 27.0 Å². The first-order valence-electron chi connectivity index (χ1n) is 19.8. The maximum Gasteiger partial charge on any atom is 0.221 e. The Labute approximate surface area is 321 Å². The van der Waals surface area contributed by atoms with Crippen LogP contribution in [0.25, 0.3) is 0 Å². The number of rotatable bonds is 23. The zero-order valence-electron chi connectivity index (χ0n) is 35.4. The standard InChI is InChI=1S/C9H22N2.C7H14N2O2.C7H18N2.C6H15N.C5H10ClNO.C4H8O/c1-5-10(3)8-7-9-11(4)6-2;1-6(10)8-4-3-5-9-7(2)11;1-3-8-6-5-7-9-4-2;1-4-7(5-2)6-3;6-5(8)3-1-2-4-7;1-2-4-5-3-1/h5-9H2,1-4H3;3-5H2,1-2H3,(H,8,10)(H,9,11);8-9H,3-7H2,1-2H3;4-6H2,1-3H3;1-4,7H2;1-4H2. The molecule has 0 aromatic rings. The normalized spacial score (nSPS) is 11.4. The molecule has 1 aliphatic rings. The Morgan fingerprint density at radius 3 is 1.29 bits per heavy atom. The van der Waals surface area contributed by atoms with Crippen molar-refractivity contribution in [2.24, 2.45) is 5.73 Å². The quantitative estimate of drug-likeness (QED) is 0.0745. The molecule has 0 aromatic carbocycles. The molecule has 0 bridgehead atoms. The van der Waals surface area contributed by atoms with Gasteiger partial charge in [-0.3, -0.25) is 14.4 Å². The predicted molar refractivity (Wildman–Crippen MR) is 222 cm³/mol. The van der Waals surface area contributed by atoms with Crippen molar-refractivity contribution in [1.82, 2.24) is 36.0 Å². The average molecular weight is 756 g/mol. The third-order valence-electron chi connectivity index (χ3n) is 7.46. The summed E-state index contributed by atoms with van der Waals surface area (Å²) in [6.07, 6.45) is 8.02. The van der Waals surface area contributed by atoms with E-state index in [2.05, 4.69) is 98.5 Å². The Kier molecular flexibility index (Phi) is 61.2. The van der Waals surface area contributed by atoms with Gasteiger partial charge in [0.1, 0.15) is 0 Å². The number of hydrogen-bond donors (Lipinski definition) is 5. The molecule has 0 spiro atoms. The summed E-state index contributed by atoms with van der Waals surface area (Å²) in [5.41, 5.74) is 5.16. The molecule has 0 atom stereocenters. The first-order chi connectivity index (χ1) is 24.4. The number of hydrogen-bond acceptors (Lipinski definition) is 10. The second kappa shape index (κ2) is 53.0. The summed E-state index contributed by atoms with van der Waals surface area (Å²) in [7, 11) is 4.35. The summed E-state index contributed by atoms with van der Waals surface area (Å²) in [5.74, 6) is -0.0688. The number of nitrogens with zero attached hydrogens (tertiary/aromatic N) is 3. The SMILES string of the molecule is C1CCOC1.CC(=O)NCCCNC(C)=O.CCN(C)CCCN(C)CC.CCN(CC)CC.CCNCCCNCC.NCCCCC(=O)Cl. The van der Waals surface area contributed by atoms with Crippen LogP contribution in [0.5, 0.6) is 0 Å². The van der Waals surface area contributed by atoms with E-state index in [1.807, 2.05) is 0 Å². The maximum atomic E-state index is 10.3. The molecule has 1 fully saturated rings. The highest BCUT2D eigenvalue weighted by molar-refractivity contribution is 6.63. The Morgan fingerprint density at radius 1 is 0.627 bits per heavy atom. The molecule has 0 aliphatic carbocycles. The molecule has 0 radical (unpaired) electrons. The lowest BCUT2D eigenvalue weighted by Crippen LogP contribution is -2.27. The van der Waals surface area contributed by atoms with Gasteiger partial charge in [0, 0.05) is 46.6 Å². The zero-order chi connectivity index (χ0) is 40.0. The molecule has 310 valence electrons. The smallest absolute Gasteiger partial charge is 0.221 e. The molecule has 1 aliphatic heterocycles. The molecular weight excluding hydrogens is 668 g/mol. The molecule has 51 heavy (non-hydrogen) atoms. The van der Waals surface area contributed by atoms with Gasteiger partial charge in [0.25, 0.3) is 0 Å². The van der Waals surface area contributed by atoms with Crippen molar-refractivity contribution in [3.05, 3.63) is 0 Å². The van der Waals surface area contributed by atoms with Crippen LogP contribution in [0.4, 0.5) is 0 Å². The van der Waals surface area contributed by atoms with E-state index >= 15 is 0 Å². The molecule has 1 saturated heterocycles. The minimum atomic E-state index is -0.265. The van der Waals surface area contributed by atoms with Crippen molar-refractivity contribution < 1.29 is 19.1 Å². The summed E-state index contributed by atoms with van der Waals surface area (Å²) in [4.78, 5) is 37.8. The van der Waals surface area contributed by atoms with Crippen molar-refractivity contribution in [2.75, 3.05) is 119 Å². The van der Waals surface area contributed by atoms with Gasteiger partial charge in [0.15, 0.2) is 0 Å². The van der Waals surface area contributed by atoms with E-state index in [0.29, 0.717) is 26.1 Å². The van der Waals surface area contributed by atoms with Crippen LogP contribution in [-0.2, 0) is 19.1 Å². The Hall–Kier alpha value is -1.38. The van der Waals surface area contributed by atoms with Crippen LogP contribution in [0.3, 0.4) is 0 Å². The minimum absolute atomic E-state index is 0.0344. The highest BCUT2D eigenvalue weighted by atomic mass is 35.5. The van der Waals surface area contributed by atoms with Gasteiger partial charge >= 0.3 is 0 Å². The van der Waals surface area contributed by atoms with Crippen LogP contribution in [-0.4, -0.2) is 151 Å². The van der Waals surface area contributed by atoms with E-state index in [0.717, 1.165) is 71.7 Å². The summed E-state index contributed by atoms with van der Waals surface area (Å²) in [6.45, 7) is 34.8. The van der Waals surface area contributed by atoms with Crippen LogP contribution in [0.2, 0.25) is 0 Å². The van der Waals surface area contributed by atoms with E-state index in [-0.39, 0.29) is 17.1 Å². The molecular formula is C38H87ClN8O4. The van der Waals surface area contributed by atoms with Gasteiger partial charge in [-0.25, -0.2) is 0 Å². The van der Waals surface area contributed by atoms with Gasteiger partial charge < -0.3 is 46.4 Å². The number of nitrogens with one attached hydrogen (secondary N) is 4. The Morgan fingerprint density at radius 2 is 1.04 bits per heavy atom. The predicted octanol–water partition coefficient (Wildman–Crippen LogP) is 4.55. The fourth-order valence-electron chi connectivity index (χ4n) is 3.83. The molecule has 1 rings (SSSR count). The van der Waals surface area contributed by atoms with Crippen LogP contribution >= 0.6 is 11.6 Å². The summed E-state index contributed by atoms with van der Waals surface area (Å²) in [6, 6.07) is 0. The number of unbranched alkanes of at least 4 members (excludes halogenated alkanes) is 1. The Bertz CT molecular complexity index is 643. The van der Waals surface area contributed by atoms with E-state index < -0.39 is 0 Å². The summed E-state index contributed by atoms with van der Waals surface area (Å²) >= 11 is 5.03. The van der Waals surface area contributed by atoms with Gasteiger partial charge in [-0.2, -0.15) is 0 Å². The third kappa shape index (κ3) is 70.8. The topological polar surface area (TPSA) is 144 Å². The lowest BCUT2D eigenvalue weighted by atomic mass is 10.2. The second-order valence-electron chi connectivity index (χ2n) is 12.1. The number of carbonyl (C=O) groups excluding carboxylic acids is 3. The molecule has 13 heteroatoms. The second-order valence-corrected chi connectivity index (χ2v) is 12.5. The van der Waals surface area contributed by atoms with Crippen molar-refractivity contribution >= 4 is 28.7 Å². The summed E-state index contributed by atoms with van der Waals surface area (Å²) < 4.78 is 4.94. The maximum absolute atomic E-state index is 10.3. The third-order valence-corrected chi connectivity index (χ3v) is 7.65. The minimum Gasteiger partial charge on any atom is -0.381 e. The molecule has 12 nitrogen and oxygen atoms in total. The zero-order valence-corrected chi connectivity index (χ0v) is 36.2. The van der Waals surface area contributed by atoms with Gasteiger partial charge in [0.05, 0.1) is 0 Å². The van der Waals surface area contributed by atoms with Gasteiger partial charge in [-0.15, -0.1) is 0 Å². The van der Waals surface area contributed by atoms with Crippen LogP contribution in [0.15, 0.2) is 0 Å².